The van der Waals surface area contributed by atoms with Crippen LogP contribution in [0.4, 0.5) is 0 Å². The minimum atomic E-state index is 0.152. The Morgan fingerprint density at radius 3 is 1.96 bits per heavy atom. The maximum absolute atomic E-state index is 3.83. The lowest BCUT2D eigenvalue weighted by atomic mass is 9.79. The van der Waals surface area contributed by atoms with Crippen LogP contribution in [0.3, 0.4) is 0 Å². The third kappa shape index (κ3) is 5.72. The normalized spacial score (nSPS) is 19.4. The van der Waals surface area contributed by atoms with Crippen molar-refractivity contribution in [2.45, 2.75) is 77.4 Å². The highest BCUT2D eigenvalue weighted by atomic mass is 15.1. The summed E-state index contributed by atoms with van der Waals surface area (Å²) in [6.45, 7) is 11.3. The van der Waals surface area contributed by atoms with Crippen molar-refractivity contribution in [1.82, 2.24) is 10.6 Å². The average Bonchev–Trinajstić information content (AvgIpc) is 2.63. The molecule has 150 valence electrons. The van der Waals surface area contributed by atoms with Crippen LogP contribution in [0.1, 0.15) is 64.2 Å². The van der Waals surface area contributed by atoms with Gasteiger partial charge in [0.25, 0.3) is 0 Å². The molecule has 3 rings (SSSR count). The molecule has 2 aromatic carbocycles. The summed E-state index contributed by atoms with van der Waals surface area (Å²) < 4.78 is 0. The predicted octanol–water partition coefficient (Wildman–Crippen LogP) is 5.73. The fourth-order valence-corrected chi connectivity index (χ4v) is 4.76. The van der Waals surface area contributed by atoms with Gasteiger partial charge in [0.05, 0.1) is 0 Å². The summed E-state index contributed by atoms with van der Waals surface area (Å²) >= 11 is 0. The second-order valence-corrected chi connectivity index (χ2v) is 9.53. The monoisotopic (exact) mass is 376 g/mol. The van der Waals surface area contributed by atoms with Gasteiger partial charge in [-0.15, -0.1) is 0 Å². The standard InChI is InChI=1S/C26H36N2/c1-6-24(27-23-18-25(2,3)28-26(4,5)19-23)22-16-14-21(15-17-22)13-12-20-10-8-7-9-11-20/h6-11,14-17,23,27-28H,12-13,18-19H2,1-5H3. The van der Waals surface area contributed by atoms with E-state index in [-0.39, 0.29) is 11.1 Å². The van der Waals surface area contributed by atoms with Gasteiger partial charge in [-0.05, 0) is 77.0 Å². The summed E-state index contributed by atoms with van der Waals surface area (Å²) in [7, 11) is 0. The van der Waals surface area contributed by atoms with Crippen LogP contribution >= 0.6 is 0 Å². The van der Waals surface area contributed by atoms with Crippen molar-refractivity contribution in [3.63, 3.8) is 0 Å². The zero-order valence-electron chi connectivity index (χ0n) is 18.2. The third-order valence-corrected chi connectivity index (χ3v) is 5.65. The quantitative estimate of drug-likeness (QED) is 0.672. The van der Waals surface area contributed by atoms with Gasteiger partial charge in [-0.25, -0.2) is 0 Å². The van der Waals surface area contributed by atoms with E-state index in [1.54, 1.807) is 0 Å². The Hall–Kier alpha value is -2.06. The number of benzene rings is 2. The van der Waals surface area contributed by atoms with Gasteiger partial charge in [-0.3, -0.25) is 0 Å². The lowest BCUT2D eigenvalue weighted by molar-refractivity contribution is 0.154. The molecule has 0 saturated carbocycles. The van der Waals surface area contributed by atoms with Crippen LogP contribution in [0.2, 0.25) is 0 Å². The SMILES string of the molecule is CC=C(NC1CC(C)(C)NC(C)(C)C1)c1ccc(CCc2ccccc2)cc1. The summed E-state index contributed by atoms with van der Waals surface area (Å²) in [5.74, 6) is 0. The predicted molar refractivity (Wildman–Crippen MR) is 121 cm³/mol. The van der Waals surface area contributed by atoms with Crippen molar-refractivity contribution in [2.75, 3.05) is 0 Å². The molecule has 0 bridgehead atoms. The highest BCUT2D eigenvalue weighted by Gasteiger charge is 2.37. The second-order valence-electron chi connectivity index (χ2n) is 9.53. The van der Waals surface area contributed by atoms with E-state index >= 15 is 0 Å². The first-order valence-electron chi connectivity index (χ1n) is 10.6. The van der Waals surface area contributed by atoms with Crippen LogP contribution in [-0.2, 0) is 12.8 Å². The molecule has 0 amide bonds. The van der Waals surface area contributed by atoms with Gasteiger partial charge in [0.2, 0.25) is 0 Å². The van der Waals surface area contributed by atoms with Gasteiger partial charge >= 0.3 is 0 Å². The molecule has 1 fully saturated rings. The van der Waals surface area contributed by atoms with Crippen LogP contribution in [-0.4, -0.2) is 17.1 Å². The van der Waals surface area contributed by atoms with Crippen molar-refractivity contribution < 1.29 is 0 Å². The molecule has 0 aliphatic carbocycles. The van der Waals surface area contributed by atoms with Crippen LogP contribution in [0.25, 0.3) is 5.70 Å². The lowest BCUT2D eigenvalue weighted by Gasteiger charge is -2.47. The molecule has 2 nitrogen and oxygen atoms in total. The molecule has 0 unspecified atom stereocenters. The highest BCUT2D eigenvalue weighted by molar-refractivity contribution is 5.64. The summed E-state index contributed by atoms with van der Waals surface area (Å²) in [5.41, 5.74) is 5.62. The maximum atomic E-state index is 3.83. The van der Waals surface area contributed by atoms with E-state index in [9.17, 15) is 0 Å². The molecule has 1 aliphatic heterocycles. The van der Waals surface area contributed by atoms with Crippen molar-refractivity contribution >= 4 is 5.70 Å². The molecule has 1 heterocycles. The fourth-order valence-electron chi connectivity index (χ4n) is 4.76. The average molecular weight is 377 g/mol. The summed E-state index contributed by atoms with van der Waals surface area (Å²) in [6, 6.07) is 20.3. The Kier molecular flexibility index (Phi) is 6.30. The van der Waals surface area contributed by atoms with Crippen molar-refractivity contribution in [2.24, 2.45) is 0 Å². The molecular weight excluding hydrogens is 340 g/mol. The Bertz CT molecular complexity index is 769. The molecule has 0 atom stereocenters. The van der Waals surface area contributed by atoms with Gasteiger partial charge in [0.1, 0.15) is 0 Å². The first kappa shape index (κ1) is 20.7. The molecule has 1 saturated heterocycles. The highest BCUT2D eigenvalue weighted by Crippen LogP contribution is 2.30. The zero-order chi connectivity index (χ0) is 20.2. The molecule has 2 aromatic rings. The van der Waals surface area contributed by atoms with Crippen LogP contribution < -0.4 is 10.6 Å². The Balaban J connectivity index is 1.63. The van der Waals surface area contributed by atoms with Crippen LogP contribution in [0.15, 0.2) is 60.7 Å². The van der Waals surface area contributed by atoms with E-state index in [1.165, 1.54) is 22.4 Å². The van der Waals surface area contributed by atoms with Crippen molar-refractivity contribution in [1.29, 1.82) is 0 Å². The number of nitrogens with one attached hydrogen (secondary N) is 2. The number of piperidine rings is 1. The molecule has 0 radical (unpaired) electrons. The maximum Gasteiger partial charge on any atom is 0.0372 e. The van der Waals surface area contributed by atoms with E-state index in [2.05, 4.69) is 106 Å². The molecule has 28 heavy (non-hydrogen) atoms. The van der Waals surface area contributed by atoms with Crippen LogP contribution in [0, 0.1) is 0 Å². The van der Waals surface area contributed by atoms with Gasteiger partial charge in [-0.2, -0.15) is 0 Å². The largest absolute Gasteiger partial charge is 0.382 e. The van der Waals surface area contributed by atoms with Crippen LogP contribution in [0.5, 0.6) is 0 Å². The Labute approximate surface area is 171 Å². The number of hydrogen-bond acceptors (Lipinski definition) is 2. The number of aryl methyl sites for hydroxylation is 2. The minimum Gasteiger partial charge on any atom is -0.382 e. The Morgan fingerprint density at radius 2 is 1.43 bits per heavy atom. The summed E-state index contributed by atoms with van der Waals surface area (Å²) in [4.78, 5) is 0. The second kappa shape index (κ2) is 8.53. The van der Waals surface area contributed by atoms with E-state index in [1.807, 2.05) is 0 Å². The molecular formula is C26H36N2. The van der Waals surface area contributed by atoms with E-state index in [0.29, 0.717) is 6.04 Å². The third-order valence-electron chi connectivity index (χ3n) is 5.65. The van der Waals surface area contributed by atoms with E-state index < -0.39 is 0 Å². The fraction of sp³-hybridized carbons (Fsp3) is 0.462. The molecule has 0 spiro atoms. The van der Waals surface area contributed by atoms with Gasteiger partial charge < -0.3 is 10.6 Å². The molecule has 0 aromatic heterocycles. The smallest absolute Gasteiger partial charge is 0.0372 e. The minimum absolute atomic E-state index is 0.152. The first-order valence-corrected chi connectivity index (χ1v) is 10.6. The molecule has 2 heteroatoms. The van der Waals surface area contributed by atoms with Crippen molar-refractivity contribution in [3.05, 3.63) is 77.4 Å². The van der Waals surface area contributed by atoms with Gasteiger partial charge in [0, 0.05) is 22.8 Å². The molecule has 1 aliphatic rings. The topological polar surface area (TPSA) is 24.1 Å². The summed E-state index contributed by atoms with van der Waals surface area (Å²) in [5, 5.41) is 7.60. The summed E-state index contributed by atoms with van der Waals surface area (Å²) in [6.07, 6.45) is 6.64. The van der Waals surface area contributed by atoms with Gasteiger partial charge in [-0.1, -0.05) is 60.7 Å². The van der Waals surface area contributed by atoms with E-state index in [4.69, 9.17) is 0 Å². The van der Waals surface area contributed by atoms with Crippen molar-refractivity contribution in [3.8, 4) is 0 Å². The molecule has 2 N–H and O–H groups in total. The van der Waals surface area contributed by atoms with E-state index in [0.717, 1.165) is 25.7 Å². The van der Waals surface area contributed by atoms with Gasteiger partial charge in [0.15, 0.2) is 0 Å². The number of rotatable bonds is 6. The number of allylic oxidation sites excluding steroid dienone is 1. The number of hydrogen-bond donors (Lipinski definition) is 2. The zero-order valence-corrected chi connectivity index (χ0v) is 18.2. The Morgan fingerprint density at radius 1 is 0.893 bits per heavy atom. The lowest BCUT2D eigenvalue weighted by Crippen LogP contribution is -2.61. The first-order chi connectivity index (χ1) is 13.3.